The minimum Gasteiger partial charge on any atom is -0.496 e. The van der Waals surface area contributed by atoms with Crippen LogP contribution in [-0.4, -0.2) is 45.7 Å². The number of ether oxygens (including phenoxy) is 2. The molecule has 6 heteroatoms. The van der Waals surface area contributed by atoms with E-state index >= 15 is 0 Å². The van der Waals surface area contributed by atoms with E-state index in [1.807, 2.05) is 30.3 Å². The fourth-order valence-electron chi connectivity index (χ4n) is 4.84. The van der Waals surface area contributed by atoms with Crippen LogP contribution in [0.1, 0.15) is 73.7 Å². The van der Waals surface area contributed by atoms with Crippen LogP contribution < -0.4 is 15.4 Å². The van der Waals surface area contributed by atoms with Gasteiger partial charge in [0, 0.05) is 38.1 Å². The molecule has 2 saturated carbocycles. The van der Waals surface area contributed by atoms with Crippen LogP contribution in [0.25, 0.3) is 0 Å². The summed E-state index contributed by atoms with van der Waals surface area (Å²) in [6.07, 6.45) is 10.2. The number of methoxy groups -OCH3 is 2. The highest BCUT2D eigenvalue weighted by Crippen LogP contribution is 2.39. The standard InChI is InChI=1S/C21H25NO2.C9H17NO2/c1-24-19-13-7-6-12-18(19)20(23)22-16-21(14-8-3-9-15-21)17-10-4-2-5-11-17;1-12-7-3-2-6-10-9(11)8-4-5-8/h2,4-7,10-13H,3,8-9,14-16H2,1H3,(H,22,23);8H,2-7H2,1H3,(H,10,11). The number of hydrogen-bond acceptors (Lipinski definition) is 4. The number of amides is 2. The number of unbranched alkanes of at least 4 members (excludes halogenated alkanes) is 1. The van der Waals surface area contributed by atoms with Crippen molar-refractivity contribution in [1.29, 1.82) is 0 Å². The molecule has 0 saturated heterocycles. The monoisotopic (exact) mass is 494 g/mol. The Balaban J connectivity index is 0.000000253. The van der Waals surface area contributed by atoms with Gasteiger partial charge < -0.3 is 20.1 Å². The SMILES string of the molecule is COCCCCNC(=O)C1CC1.COc1ccccc1C(=O)NCC1(c2ccccc2)CCCCC1. The van der Waals surface area contributed by atoms with Gasteiger partial charge in [-0.05, 0) is 56.2 Å². The van der Waals surface area contributed by atoms with Crippen molar-refractivity contribution in [2.75, 3.05) is 33.9 Å². The zero-order chi connectivity index (χ0) is 25.6. The molecular weight excluding hydrogens is 452 g/mol. The molecule has 2 aromatic carbocycles. The van der Waals surface area contributed by atoms with Gasteiger partial charge in [0.25, 0.3) is 5.91 Å². The van der Waals surface area contributed by atoms with Crippen molar-refractivity contribution in [2.24, 2.45) is 5.92 Å². The number of benzene rings is 2. The Kier molecular flexibility index (Phi) is 11.3. The summed E-state index contributed by atoms with van der Waals surface area (Å²) in [5.74, 6) is 1.14. The van der Waals surface area contributed by atoms with Crippen LogP contribution in [0.15, 0.2) is 54.6 Å². The lowest BCUT2D eigenvalue weighted by atomic mass is 9.69. The molecule has 2 aromatic rings. The van der Waals surface area contributed by atoms with E-state index in [9.17, 15) is 9.59 Å². The first-order chi connectivity index (χ1) is 17.6. The second-order valence-corrected chi connectivity index (χ2v) is 9.86. The van der Waals surface area contributed by atoms with Crippen LogP contribution in [0.2, 0.25) is 0 Å². The molecule has 0 heterocycles. The Bertz CT molecular complexity index is 937. The van der Waals surface area contributed by atoms with Crippen LogP contribution in [0.5, 0.6) is 5.75 Å². The highest BCUT2D eigenvalue weighted by molar-refractivity contribution is 5.97. The first-order valence-corrected chi connectivity index (χ1v) is 13.3. The summed E-state index contributed by atoms with van der Waals surface area (Å²) in [6, 6.07) is 18.0. The Hall–Kier alpha value is -2.86. The van der Waals surface area contributed by atoms with Gasteiger partial charge in [0.05, 0.1) is 12.7 Å². The van der Waals surface area contributed by atoms with Gasteiger partial charge in [0.1, 0.15) is 5.75 Å². The van der Waals surface area contributed by atoms with Crippen LogP contribution >= 0.6 is 0 Å². The van der Waals surface area contributed by atoms with Gasteiger partial charge in [-0.15, -0.1) is 0 Å². The Labute approximate surface area is 216 Å². The van der Waals surface area contributed by atoms with Crippen LogP contribution in [0, 0.1) is 5.92 Å². The van der Waals surface area contributed by atoms with Gasteiger partial charge in [-0.25, -0.2) is 0 Å². The highest BCUT2D eigenvalue weighted by Gasteiger charge is 2.34. The third-order valence-electron chi connectivity index (χ3n) is 7.16. The molecule has 0 atom stereocenters. The second kappa shape index (κ2) is 14.6. The lowest BCUT2D eigenvalue weighted by Crippen LogP contribution is -2.42. The molecule has 0 aromatic heterocycles. The van der Waals surface area contributed by atoms with Crippen molar-refractivity contribution in [3.05, 3.63) is 65.7 Å². The van der Waals surface area contributed by atoms with E-state index in [0.29, 0.717) is 23.8 Å². The molecule has 2 N–H and O–H groups in total. The van der Waals surface area contributed by atoms with Gasteiger partial charge in [-0.1, -0.05) is 61.7 Å². The van der Waals surface area contributed by atoms with E-state index in [1.165, 1.54) is 24.8 Å². The fourth-order valence-corrected chi connectivity index (χ4v) is 4.84. The van der Waals surface area contributed by atoms with Crippen LogP contribution in [0.3, 0.4) is 0 Å². The molecule has 4 rings (SSSR count). The van der Waals surface area contributed by atoms with Gasteiger partial charge in [0.2, 0.25) is 5.91 Å². The number of carbonyl (C=O) groups excluding carboxylic acids is 2. The molecule has 0 spiro atoms. The average Bonchev–Trinajstić information content (AvgIpc) is 3.79. The largest absolute Gasteiger partial charge is 0.496 e. The lowest BCUT2D eigenvalue weighted by Gasteiger charge is -2.38. The maximum absolute atomic E-state index is 12.6. The molecule has 0 bridgehead atoms. The molecule has 2 amide bonds. The summed E-state index contributed by atoms with van der Waals surface area (Å²) in [6.45, 7) is 2.27. The number of carbonyl (C=O) groups is 2. The molecule has 36 heavy (non-hydrogen) atoms. The van der Waals surface area contributed by atoms with Crippen molar-refractivity contribution >= 4 is 11.8 Å². The minimum absolute atomic E-state index is 0.0528. The summed E-state index contributed by atoms with van der Waals surface area (Å²) >= 11 is 0. The predicted molar refractivity (Wildman–Crippen MR) is 143 cm³/mol. The third kappa shape index (κ3) is 8.37. The van der Waals surface area contributed by atoms with Crippen molar-refractivity contribution in [3.8, 4) is 5.75 Å². The van der Waals surface area contributed by atoms with E-state index in [0.717, 1.165) is 51.7 Å². The topological polar surface area (TPSA) is 76.7 Å². The van der Waals surface area contributed by atoms with E-state index < -0.39 is 0 Å². The third-order valence-corrected chi connectivity index (χ3v) is 7.16. The normalized spacial score (nSPS) is 16.3. The summed E-state index contributed by atoms with van der Waals surface area (Å²) in [7, 11) is 3.29. The van der Waals surface area contributed by atoms with Crippen LogP contribution in [0.4, 0.5) is 0 Å². The van der Waals surface area contributed by atoms with Gasteiger partial charge in [-0.2, -0.15) is 0 Å². The second-order valence-electron chi connectivity index (χ2n) is 9.86. The summed E-state index contributed by atoms with van der Waals surface area (Å²) in [4.78, 5) is 23.7. The van der Waals surface area contributed by atoms with Crippen LogP contribution in [-0.2, 0) is 14.9 Å². The zero-order valence-corrected chi connectivity index (χ0v) is 21.9. The zero-order valence-electron chi connectivity index (χ0n) is 21.9. The molecule has 0 radical (unpaired) electrons. The summed E-state index contributed by atoms with van der Waals surface area (Å²) < 4.78 is 10.2. The lowest BCUT2D eigenvalue weighted by molar-refractivity contribution is -0.122. The molecule has 2 aliphatic rings. The van der Waals surface area contributed by atoms with Gasteiger partial charge in [-0.3, -0.25) is 9.59 Å². The van der Waals surface area contributed by atoms with E-state index in [4.69, 9.17) is 9.47 Å². The molecule has 0 aliphatic heterocycles. The van der Waals surface area contributed by atoms with Gasteiger partial charge >= 0.3 is 0 Å². The average molecular weight is 495 g/mol. The Morgan fingerprint density at radius 3 is 2.25 bits per heavy atom. The number of hydrogen-bond donors (Lipinski definition) is 2. The molecule has 196 valence electrons. The smallest absolute Gasteiger partial charge is 0.255 e. The maximum Gasteiger partial charge on any atom is 0.255 e. The first-order valence-electron chi connectivity index (χ1n) is 13.3. The number of rotatable bonds is 11. The van der Waals surface area contributed by atoms with Crippen molar-refractivity contribution in [3.63, 3.8) is 0 Å². The van der Waals surface area contributed by atoms with Crippen molar-refractivity contribution < 1.29 is 19.1 Å². The van der Waals surface area contributed by atoms with Gasteiger partial charge in [0.15, 0.2) is 0 Å². The molecular formula is C30H42N2O4. The Morgan fingerprint density at radius 1 is 0.889 bits per heavy atom. The number of para-hydroxylation sites is 1. The van der Waals surface area contributed by atoms with E-state index in [1.54, 1.807) is 14.2 Å². The number of nitrogens with one attached hydrogen (secondary N) is 2. The van der Waals surface area contributed by atoms with Crippen molar-refractivity contribution in [2.45, 2.75) is 63.2 Å². The molecule has 2 fully saturated rings. The van der Waals surface area contributed by atoms with Crippen molar-refractivity contribution in [1.82, 2.24) is 10.6 Å². The maximum atomic E-state index is 12.6. The minimum atomic E-state index is -0.0617. The Morgan fingerprint density at radius 2 is 1.58 bits per heavy atom. The molecule has 0 unspecified atom stereocenters. The molecule has 6 nitrogen and oxygen atoms in total. The van der Waals surface area contributed by atoms with E-state index in [-0.39, 0.29) is 17.2 Å². The quantitative estimate of drug-likeness (QED) is 0.418. The van der Waals surface area contributed by atoms with E-state index in [2.05, 4.69) is 34.9 Å². The molecule has 2 aliphatic carbocycles. The summed E-state index contributed by atoms with van der Waals surface area (Å²) in [5, 5.41) is 6.07. The predicted octanol–water partition coefficient (Wildman–Crippen LogP) is 5.27. The first kappa shape index (κ1) is 27.7. The fraction of sp³-hybridized carbons (Fsp3) is 0.533. The summed E-state index contributed by atoms with van der Waals surface area (Å²) in [5.41, 5.74) is 1.99. The highest BCUT2D eigenvalue weighted by atomic mass is 16.5.